The van der Waals surface area contributed by atoms with Crippen molar-refractivity contribution in [3.63, 3.8) is 0 Å². The molecular formula is C24H36O2. The highest BCUT2D eigenvalue weighted by Crippen LogP contribution is 2.59. The maximum absolute atomic E-state index is 10.8. The van der Waals surface area contributed by atoms with Crippen LogP contribution >= 0.6 is 0 Å². The number of allylic oxidation sites excluding steroid dienone is 4. The normalized spacial score (nSPS) is 39.2. The predicted octanol–water partition coefficient (Wildman–Crippen LogP) is 5.77. The number of fused-ring (bicyclic) bond motifs is 1. The molecule has 3 rings (SSSR count). The van der Waals surface area contributed by atoms with E-state index in [4.69, 9.17) is 0 Å². The zero-order chi connectivity index (χ0) is 18.7. The van der Waals surface area contributed by atoms with Crippen molar-refractivity contribution in [3.05, 3.63) is 35.5 Å². The Hall–Kier alpha value is -1.15. The number of aliphatic hydroxyl groups excluding tert-OH is 1. The van der Waals surface area contributed by atoms with Gasteiger partial charge in [-0.3, -0.25) is 0 Å². The second kappa shape index (κ2) is 8.25. The van der Waals surface area contributed by atoms with E-state index in [9.17, 15) is 9.90 Å². The third-order valence-electron chi connectivity index (χ3n) is 7.65. The number of aliphatic hydroxyl groups is 1. The van der Waals surface area contributed by atoms with Gasteiger partial charge in [0.25, 0.3) is 0 Å². The van der Waals surface area contributed by atoms with Crippen LogP contribution in [-0.4, -0.2) is 17.5 Å². The van der Waals surface area contributed by atoms with Crippen molar-refractivity contribution in [2.75, 3.05) is 0 Å². The molecule has 0 heterocycles. The van der Waals surface area contributed by atoms with Crippen LogP contribution in [0.15, 0.2) is 35.5 Å². The summed E-state index contributed by atoms with van der Waals surface area (Å²) in [6.07, 6.45) is 16.2. The molecule has 3 saturated carbocycles. The topological polar surface area (TPSA) is 37.3 Å². The molecule has 3 aliphatic carbocycles. The molecule has 5 atom stereocenters. The van der Waals surface area contributed by atoms with Gasteiger partial charge in [0.05, 0.1) is 6.10 Å². The lowest BCUT2D eigenvalue weighted by Gasteiger charge is -2.44. The van der Waals surface area contributed by atoms with E-state index in [2.05, 4.69) is 32.6 Å². The average Bonchev–Trinajstić information content (AvgIpc) is 2.98. The molecule has 0 aromatic rings. The zero-order valence-corrected chi connectivity index (χ0v) is 16.7. The van der Waals surface area contributed by atoms with Gasteiger partial charge in [-0.2, -0.15) is 0 Å². The molecule has 0 bridgehead atoms. The first-order valence-corrected chi connectivity index (χ1v) is 10.6. The third-order valence-corrected chi connectivity index (χ3v) is 7.65. The van der Waals surface area contributed by atoms with Gasteiger partial charge in [-0.15, -0.1) is 0 Å². The van der Waals surface area contributed by atoms with Crippen LogP contribution in [0.3, 0.4) is 0 Å². The lowest BCUT2D eigenvalue weighted by atomic mass is 9.61. The van der Waals surface area contributed by atoms with Crippen molar-refractivity contribution in [2.24, 2.45) is 23.2 Å². The number of carbonyl (C=O) groups is 1. The van der Waals surface area contributed by atoms with Gasteiger partial charge in [0, 0.05) is 6.42 Å². The largest absolute Gasteiger partial charge is 0.393 e. The van der Waals surface area contributed by atoms with E-state index in [1.807, 2.05) is 0 Å². The van der Waals surface area contributed by atoms with Crippen molar-refractivity contribution in [3.8, 4) is 0 Å². The lowest BCUT2D eigenvalue weighted by molar-refractivity contribution is -0.108. The Morgan fingerprint density at radius 1 is 1.27 bits per heavy atom. The first kappa shape index (κ1) is 19.6. The first-order chi connectivity index (χ1) is 12.5. The Balaban J connectivity index is 1.76. The van der Waals surface area contributed by atoms with E-state index in [1.165, 1.54) is 43.3 Å². The van der Waals surface area contributed by atoms with Crippen LogP contribution in [0, 0.1) is 23.2 Å². The summed E-state index contributed by atoms with van der Waals surface area (Å²) in [6, 6.07) is 0. The van der Waals surface area contributed by atoms with Crippen molar-refractivity contribution < 1.29 is 9.90 Å². The van der Waals surface area contributed by atoms with Crippen LogP contribution in [0.25, 0.3) is 0 Å². The molecule has 0 radical (unpaired) electrons. The van der Waals surface area contributed by atoms with Crippen LogP contribution in [0.5, 0.6) is 0 Å². The fraction of sp³-hybridized carbons (Fsp3) is 0.708. The van der Waals surface area contributed by atoms with Crippen LogP contribution in [0.2, 0.25) is 0 Å². The van der Waals surface area contributed by atoms with Gasteiger partial charge in [-0.25, -0.2) is 0 Å². The van der Waals surface area contributed by atoms with Crippen molar-refractivity contribution in [2.45, 2.75) is 84.2 Å². The number of aldehydes is 1. The Labute approximate surface area is 159 Å². The molecule has 144 valence electrons. The van der Waals surface area contributed by atoms with E-state index in [1.54, 1.807) is 5.57 Å². The molecule has 0 saturated heterocycles. The van der Waals surface area contributed by atoms with Crippen LogP contribution in [-0.2, 0) is 4.79 Å². The van der Waals surface area contributed by atoms with Crippen LogP contribution < -0.4 is 0 Å². The van der Waals surface area contributed by atoms with E-state index >= 15 is 0 Å². The van der Waals surface area contributed by atoms with Gasteiger partial charge < -0.3 is 9.90 Å². The molecule has 3 aliphatic rings. The van der Waals surface area contributed by atoms with Crippen LogP contribution in [0.1, 0.15) is 78.1 Å². The summed E-state index contributed by atoms with van der Waals surface area (Å²) in [7, 11) is 0. The summed E-state index contributed by atoms with van der Waals surface area (Å²) in [5.74, 6) is 2.08. The van der Waals surface area contributed by atoms with Gasteiger partial charge in [-0.1, -0.05) is 43.7 Å². The molecule has 0 amide bonds. The summed E-state index contributed by atoms with van der Waals surface area (Å²) in [5.41, 5.74) is 4.47. The Morgan fingerprint density at radius 2 is 2.08 bits per heavy atom. The van der Waals surface area contributed by atoms with Gasteiger partial charge >= 0.3 is 0 Å². The summed E-state index contributed by atoms with van der Waals surface area (Å²) >= 11 is 0. The quantitative estimate of drug-likeness (QED) is 0.635. The van der Waals surface area contributed by atoms with Gasteiger partial charge in [-0.05, 0) is 86.5 Å². The Kier molecular flexibility index (Phi) is 6.22. The average molecular weight is 357 g/mol. The third kappa shape index (κ3) is 3.91. The maximum Gasteiger partial charge on any atom is 0.120 e. The Morgan fingerprint density at radius 3 is 2.85 bits per heavy atom. The lowest BCUT2D eigenvalue weighted by Crippen LogP contribution is -2.36. The molecule has 26 heavy (non-hydrogen) atoms. The van der Waals surface area contributed by atoms with Crippen molar-refractivity contribution in [1.29, 1.82) is 0 Å². The second-order valence-corrected chi connectivity index (χ2v) is 9.25. The second-order valence-electron chi connectivity index (χ2n) is 9.25. The molecule has 0 spiro atoms. The van der Waals surface area contributed by atoms with Crippen molar-refractivity contribution >= 4 is 6.29 Å². The molecular weight excluding hydrogens is 320 g/mol. The van der Waals surface area contributed by atoms with Crippen LogP contribution in [0.4, 0.5) is 0 Å². The minimum Gasteiger partial charge on any atom is -0.393 e. The van der Waals surface area contributed by atoms with E-state index in [0.717, 1.165) is 37.9 Å². The molecule has 0 aliphatic heterocycles. The van der Waals surface area contributed by atoms with Crippen molar-refractivity contribution in [1.82, 2.24) is 0 Å². The summed E-state index contributed by atoms with van der Waals surface area (Å²) in [4.78, 5) is 10.8. The number of carbonyl (C=O) groups excluding carboxylic acids is 1. The molecule has 2 heteroatoms. The zero-order valence-electron chi connectivity index (χ0n) is 16.7. The highest BCUT2D eigenvalue weighted by atomic mass is 16.3. The maximum atomic E-state index is 10.8. The number of hydrogen-bond acceptors (Lipinski definition) is 2. The first-order valence-electron chi connectivity index (χ1n) is 10.6. The highest BCUT2D eigenvalue weighted by molar-refractivity contribution is 5.49. The standard InChI is InChI=1S/C24H36O2/c1-17-8-11-21(26)16-20(17)10-9-19-7-4-14-24(3)22(12-13-23(19)24)18(2)6-5-15-25/h9-10,15,18,21-23,26H,1,4-8,11-14,16H2,2-3H3/b19-9+,20-10-/t18-,21+,22-,23+,24-/m1/s1. The molecule has 0 unspecified atom stereocenters. The fourth-order valence-corrected chi connectivity index (χ4v) is 6.14. The summed E-state index contributed by atoms with van der Waals surface area (Å²) < 4.78 is 0. The smallest absolute Gasteiger partial charge is 0.120 e. The Bertz CT molecular complexity index is 599. The SMILES string of the molecule is C=C1CC[C@H](O)C/C1=C/C=C1\CCC[C@]2(C)[C@@H]([C@H](C)CCC=O)CC[C@@H]12. The highest BCUT2D eigenvalue weighted by Gasteiger charge is 2.50. The molecule has 0 aromatic carbocycles. The van der Waals surface area contributed by atoms with E-state index in [-0.39, 0.29) is 6.10 Å². The van der Waals surface area contributed by atoms with Gasteiger partial charge in [0.1, 0.15) is 6.29 Å². The summed E-state index contributed by atoms with van der Waals surface area (Å²) in [5, 5.41) is 9.96. The van der Waals surface area contributed by atoms with E-state index < -0.39 is 0 Å². The molecule has 3 fully saturated rings. The molecule has 1 N–H and O–H groups in total. The molecule has 2 nitrogen and oxygen atoms in total. The minimum absolute atomic E-state index is 0.198. The number of hydrogen-bond donors (Lipinski definition) is 1. The van der Waals surface area contributed by atoms with Gasteiger partial charge in [0.2, 0.25) is 0 Å². The monoisotopic (exact) mass is 356 g/mol. The van der Waals surface area contributed by atoms with E-state index in [0.29, 0.717) is 23.7 Å². The minimum atomic E-state index is -0.198. The van der Waals surface area contributed by atoms with Gasteiger partial charge in [0.15, 0.2) is 0 Å². The number of rotatable bonds is 5. The predicted molar refractivity (Wildman–Crippen MR) is 108 cm³/mol. The fourth-order valence-electron chi connectivity index (χ4n) is 6.14. The summed E-state index contributed by atoms with van der Waals surface area (Å²) in [6.45, 7) is 9.07. The molecule has 0 aromatic heterocycles.